The van der Waals surface area contributed by atoms with E-state index in [2.05, 4.69) is 15.6 Å². The van der Waals surface area contributed by atoms with Crippen molar-refractivity contribution in [3.8, 4) is 0 Å². The van der Waals surface area contributed by atoms with Gasteiger partial charge in [-0.05, 0) is 30.3 Å². The number of anilines is 2. The topological polar surface area (TPSA) is 94.2 Å². The van der Waals surface area contributed by atoms with E-state index in [9.17, 15) is 14.0 Å². The van der Waals surface area contributed by atoms with Crippen LogP contribution in [0, 0.1) is 5.82 Å². The maximum absolute atomic E-state index is 13.1. The third-order valence-electron chi connectivity index (χ3n) is 3.31. The van der Waals surface area contributed by atoms with Crippen molar-refractivity contribution >= 4 is 45.9 Å². The number of nitrogens with one attached hydrogen (secondary N) is 3. The Balaban J connectivity index is 1.82. The van der Waals surface area contributed by atoms with Crippen molar-refractivity contribution in [3.05, 3.63) is 59.0 Å². The molecule has 2 aromatic carbocycles. The Hall–Kier alpha value is -3.06. The minimum Gasteiger partial charge on any atom is -0.477 e. The highest BCUT2D eigenvalue weighted by atomic mass is 35.5. The molecular formula is C16H11ClFN3O3. The highest BCUT2D eigenvalue weighted by Gasteiger charge is 2.12. The van der Waals surface area contributed by atoms with Gasteiger partial charge in [0.25, 0.3) is 0 Å². The molecule has 8 heteroatoms. The first-order chi connectivity index (χ1) is 11.4. The van der Waals surface area contributed by atoms with Gasteiger partial charge >= 0.3 is 12.0 Å². The molecule has 3 aromatic rings. The molecule has 0 saturated carbocycles. The van der Waals surface area contributed by atoms with E-state index in [0.717, 1.165) is 6.07 Å². The number of H-pyrrole nitrogens is 1. The Labute approximate surface area is 140 Å². The fourth-order valence-electron chi connectivity index (χ4n) is 2.23. The second-order valence-electron chi connectivity index (χ2n) is 4.97. The molecule has 1 aromatic heterocycles. The molecule has 1 heterocycles. The molecule has 4 N–H and O–H groups in total. The van der Waals surface area contributed by atoms with E-state index >= 15 is 0 Å². The first-order valence-electron chi connectivity index (χ1n) is 6.82. The first-order valence-corrected chi connectivity index (χ1v) is 7.20. The second-order valence-corrected chi connectivity index (χ2v) is 5.37. The smallest absolute Gasteiger partial charge is 0.352 e. The number of aromatic nitrogens is 1. The van der Waals surface area contributed by atoms with Gasteiger partial charge in [0, 0.05) is 11.1 Å². The fraction of sp³-hybridized carbons (Fsp3) is 0. The average Bonchev–Trinajstić information content (AvgIpc) is 2.96. The summed E-state index contributed by atoms with van der Waals surface area (Å²) < 4.78 is 13.1. The Morgan fingerprint density at radius 2 is 1.92 bits per heavy atom. The minimum absolute atomic E-state index is 0.0185. The zero-order valence-corrected chi connectivity index (χ0v) is 12.8. The molecule has 24 heavy (non-hydrogen) atoms. The van der Waals surface area contributed by atoms with Gasteiger partial charge in [0.05, 0.1) is 16.2 Å². The quantitative estimate of drug-likeness (QED) is 0.569. The maximum Gasteiger partial charge on any atom is 0.352 e. The average molecular weight is 348 g/mol. The number of urea groups is 1. The summed E-state index contributed by atoms with van der Waals surface area (Å²) in [7, 11) is 0. The van der Waals surface area contributed by atoms with Crippen LogP contribution in [0.4, 0.5) is 20.6 Å². The minimum atomic E-state index is -1.09. The van der Waals surface area contributed by atoms with Crippen LogP contribution in [0.1, 0.15) is 10.5 Å². The van der Waals surface area contributed by atoms with Gasteiger partial charge in [-0.2, -0.15) is 0 Å². The Bertz CT molecular complexity index is 955. The van der Waals surface area contributed by atoms with Gasteiger partial charge in [-0.1, -0.05) is 23.7 Å². The lowest BCUT2D eigenvalue weighted by atomic mass is 10.2. The van der Waals surface area contributed by atoms with E-state index in [1.165, 1.54) is 18.2 Å². The van der Waals surface area contributed by atoms with E-state index in [-0.39, 0.29) is 10.7 Å². The van der Waals surface area contributed by atoms with Crippen LogP contribution in [-0.2, 0) is 0 Å². The number of hydrogen-bond acceptors (Lipinski definition) is 2. The molecule has 6 nitrogen and oxygen atoms in total. The summed E-state index contributed by atoms with van der Waals surface area (Å²) in [6, 6.07) is 9.74. The van der Waals surface area contributed by atoms with Crippen LogP contribution in [0.2, 0.25) is 5.02 Å². The maximum atomic E-state index is 13.1. The molecule has 0 saturated heterocycles. The predicted octanol–water partition coefficient (Wildman–Crippen LogP) is 4.30. The Morgan fingerprint density at radius 3 is 2.62 bits per heavy atom. The van der Waals surface area contributed by atoms with E-state index in [0.29, 0.717) is 22.3 Å². The molecule has 122 valence electrons. The van der Waals surface area contributed by atoms with Crippen LogP contribution in [0.5, 0.6) is 0 Å². The van der Waals surface area contributed by atoms with E-state index in [4.69, 9.17) is 16.7 Å². The third kappa shape index (κ3) is 3.16. The van der Waals surface area contributed by atoms with Crippen molar-refractivity contribution in [3.63, 3.8) is 0 Å². The molecule has 0 aliphatic carbocycles. The van der Waals surface area contributed by atoms with E-state index in [1.807, 2.05) is 0 Å². The summed E-state index contributed by atoms with van der Waals surface area (Å²) in [5, 5.41) is 14.7. The first kappa shape index (κ1) is 15.8. The number of benzene rings is 2. The molecule has 0 radical (unpaired) electrons. The fourth-order valence-corrected chi connectivity index (χ4v) is 2.41. The number of carbonyl (C=O) groups excluding carboxylic acids is 1. The van der Waals surface area contributed by atoms with Crippen molar-refractivity contribution < 1.29 is 19.1 Å². The Kier molecular flexibility index (Phi) is 4.09. The Morgan fingerprint density at radius 1 is 1.12 bits per heavy atom. The summed E-state index contributed by atoms with van der Waals surface area (Å²) in [5.74, 6) is -1.68. The van der Waals surface area contributed by atoms with Gasteiger partial charge in [-0.15, -0.1) is 0 Å². The highest BCUT2D eigenvalue weighted by molar-refractivity contribution is 6.31. The van der Waals surface area contributed by atoms with Crippen molar-refractivity contribution in [1.82, 2.24) is 4.98 Å². The van der Waals surface area contributed by atoms with Gasteiger partial charge in [-0.3, -0.25) is 0 Å². The summed E-state index contributed by atoms with van der Waals surface area (Å²) in [6.07, 6.45) is 0. The standard InChI is InChI=1S/C16H11ClFN3O3/c17-10-7-9(4-5-11(10)18)19-16(24)21-12-3-1-2-8-6-13(15(22)23)20-14(8)12/h1-7,20H,(H,22,23)(H2,19,21,24). The molecule has 0 atom stereocenters. The number of carboxylic acids is 1. The second kappa shape index (κ2) is 6.21. The van der Waals surface area contributed by atoms with Crippen molar-refractivity contribution in [1.29, 1.82) is 0 Å². The SMILES string of the molecule is O=C(Nc1ccc(F)c(Cl)c1)Nc1cccc2cc(C(=O)O)[nH]c12. The molecular weight excluding hydrogens is 337 g/mol. The van der Waals surface area contributed by atoms with Gasteiger partial charge < -0.3 is 20.7 Å². The normalized spacial score (nSPS) is 10.6. The van der Waals surface area contributed by atoms with Gasteiger partial charge in [0.2, 0.25) is 0 Å². The van der Waals surface area contributed by atoms with Crippen LogP contribution in [0.15, 0.2) is 42.5 Å². The highest BCUT2D eigenvalue weighted by Crippen LogP contribution is 2.24. The van der Waals surface area contributed by atoms with Crippen molar-refractivity contribution in [2.24, 2.45) is 0 Å². The van der Waals surface area contributed by atoms with Crippen molar-refractivity contribution in [2.75, 3.05) is 10.6 Å². The predicted molar refractivity (Wildman–Crippen MR) is 89.3 cm³/mol. The number of rotatable bonds is 3. The largest absolute Gasteiger partial charge is 0.477 e. The molecule has 0 bridgehead atoms. The molecule has 0 spiro atoms. The van der Waals surface area contributed by atoms with Crippen LogP contribution in [-0.4, -0.2) is 22.1 Å². The van der Waals surface area contributed by atoms with Gasteiger partial charge in [-0.25, -0.2) is 14.0 Å². The van der Waals surface area contributed by atoms with E-state index < -0.39 is 17.8 Å². The molecule has 2 amide bonds. The molecule has 0 fully saturated rings. The van der Waals surface area contributed by atoms with E-state index in [1.54, 1.807) is 18.2 Å². The molecule has 3 rings (SSSR count). The number of carbonyl (C=O) groups is 2. The molecule has 0 aliphatic rings. The third-order valence-corrected chi connectivity index (χ3v) is 3.60. The number of aromatic amines is 1. The van der Waals surface area contributed by atoms with Crippen LogP contribution >= 0.6 is 11.6 Å². The van der Waals surface area contributed by atoms with Gasteiger partial charge in [0.15, 0.2) is 0 Å². The number of hydrogen-bond donors (Lipinski definition) is 4. The summed E-state index contributed by atoms with van der Waals surface area (Å²) >= 11 is 5.66. The summed E-state index contributed by atoms with van der Waals surface area (Å²) in [6.45, 7) is 0. The van der Waals surface area contributed by atoms with Crippen molar-refractivity contribution in [2.45, 2.75) is 0 Å². The molecule has 0 aliphatic heterocycles. The zero-order chi connectivity index (χ0) is 17.3. The number of carboxylic acid groups (broad SMARTS) is 1. The van der Waals surface area contributed by atoms with Crippen LogP contribution in [0.3, 0.4) is 0 Å². The number of amides is 2. The molecule has 0 unspecified atom stereocenters. The zero-order valence-electron chi connectivity index (χ0n) is 12.1. The lowest BCUT2D eigenvalue weighted by molar-refractivity contribution is 0.0691. The monoisotopic (exact) mass is 347 g/mol. The van der Waals surface area contributed by atoms with Crippen LogP contribution < -0.4 is 10.6 Å². The van der Waals surface area contributed by atoms with Crippen LogP contribution in [0.25, 0.3) is 10.9 Å². The van der Waals surface area contributed by atoms with Gasteiger partial charge in [0.1, 0.15) is 11.5 Å². The lowest BCUT2D eigenvalue weighted by Crippen LogP contribution is -2.19. The number of aromatic carboxylic acids is 1. The number of halogens is 2. The number of fused-ring (bicyclic) bond motifs is 1. The lowest BCUT2D eigenvalue weighted by Gasteiger charge is -2.09. The number of para-hydroxylation sites is 1. The summed E-state index contributed by atoms with van der Waals surface area (Å²) in [5.41, 5.74) is 1.24. The summed E-state index contributed by atoms with van der Waals surface area (Å²) in [4.78, 5) is 25.8.